The van der Waals surface area contributed by atoms with E-state index in [1.807, 2.05) is 37.3 Å². The van der Waals surface area contributed by atoms with Crippen molar-refractivity contribution in [2.75, 3.05) is 0 Å². The molecular formula is C17H15ClN2. The van der Waals surface area contributed by atoms with Crippen molar-refractivity contribution >= 4 is 11.6 Å². The largest absolute Gasteiger partial charge is 0.367 e. The van der Waals surface area contributed by atoms with Gasteiger partial charge in [-0.2, -0.15) is 0 Å². The van der Waals surface area contributed by atoms with Crippen LogP contribution in [0.5, 0.6) is 0 Å². The number of nitrogens with zero attached hydrogens (tertiary/aromatic N) is 1. The molecule has 2 heterocycles. The van der Waals surface area contributed by atoms with E-state index >= 15 is 0 Å². The van der Waals surface area contributed by atoms with Crippen molar-refractivity contribution in [1.29, 1.82) is 0 Å². The maximum Gasteiger partial charge on any atom is 0.0735 e. The van der Waals surface area contributed by atoms with Crippen LogP contribution in [0.15, 0.2) is 54.9 Å². The van der Waals surface area contributed by atoms with Crippen LogP contribution >= 0.6 is 11.6 Å². The summed E-state index contributed by atoms with van der Waals surface area (Å²) in [5, 5.41) is 0.637. The Balaban J connectivity index is 2.11. The van der Waals surface area contributed by atoms with Crippen LogP contribution in [0.25, 0.3) is 11.3 Å². The molecule has 0 aliphatic heterocycles. The number of hydrogen-bond acceptors (Lipinski definition) is 1. The van der Waals surface area contributed by atoms with E-state index in [1.165, 1.54) is 0 Å². The number of aromatic nitrogens is 2. The Hall–Kier alpha value is -2.06. The van der Waals surface area contributed by atoms with Gasteiger partial charge in [-0.1, -0.05) is 29.8 Å². The summed E-state index contributed by atoms with van der Waals surface area (Å²) < 4.78 is 16.7. The van der Waals surface area contributed by atoms with Gasteiger partial charge in [0.1, 0.15) is 0 Å². The number of pyridine rings is 1. The highest BCUT2D eigenvalue weighted by Gasteiger charge is 2.07. The third kappa shape index (κ3) is 2.75. The van der Waals surface area contributed by atoms with Crippen molar-refractivity contribution in [3.8, 4) is 11.3 Å². The molecule has 20 heavy (non-hydrogen) atoms. The number of nitrogens with one attached hydrogen (secondary N) is 1. The van der Waals surface area contributed by atoms with E-state index in [9.17, 15) is 0 Å². The number of halogens is 1. The molecule has 0 amide bonds. The average molecular weight is 285 g/mol. The van der Waals surface area contributed by atoms with Gasteiger partial charge >= 0.3 is 0 Å². The molecule has 0 saturated carbocycles. The van der Waals surface area contributed by atoms with E-state index in [4.69, 9.17) is 14.3 Å². The van der Waals surface area contributed by atoms with E-state index in [0.29, 0.717) is 16.3 Å². The maximum atomic E-state index is 8.35. The fourth-order valence-corrected chi connectivity index (χ4v) is 2.27. The molecule has 1 N–H and O–H groups in total. The number of H-pyrrole nitrogens is 1. The first kappa shape index (κ1) is 10.7. The van der Waals surface area contributed by atoms with Crippen molar-refractivity contribution in [1.82, 2.24) is 9.97 Å². The lowest BCUT2D eigenvalue weighted by atomic mass is 10.0. The van der Waals surface area contributed by atoms with Gasteiger partial charge in [-0.25, -0.2) is 0 Å². The summed E-state index contributed by atoms with van der Waals surface area (Å²) in [6.45, 7) is 1.96. The molecule has 0 atom stereocenters. The summed E-state index contributed by atoms with van der Waals surface area (Å²) in [7, 11) is 0. The van der Waals surface area contributed by atoms with Gasteiger partial charge in [0.15, 0.2) is 0 Å². The van der Waals surface area contributed by atoms with Crippen LogP contribution in [-0.2, 0) is 6.37 Å². The van der Waals surface area contributed by atoms with Crippen molar-refractivity contribution < 1.29 is 2.74 Å². The minimum Gasteiger partial charge on any atom is -0.367 e. The fraction of sp³-hybridized carbons (Fsp3) is 0.118. The van der Waals surface area contributed by atoms with E-state index < -0.39 is 6.37 Å². The smallest absolute Gasteiger partial charge is 0.0735 e. The van der Waals surface area contributed by atoms with Gasteiger partial charge in [-0.3, -0.25) is 4.98 Å². The fourth-order valence-electron chi connectivity index (χ4n) is 2.08. The van der Waals surface area contributed by atoms with Gasteiger partial charge in [-0.05, 0) is 42.3 Å². The van der Waals surface area contributed by atoms with Crippen molar-refractivity contribution in [3.63, 3.8) is 0 Å². The molecule has 2 aromatic heterocycles. The second-order valence-electron chi connectivity index (χ2n) is 4.60. The summed E-state index contributed by atoms with van der Waals surface area (Å²) in [5.74, 6) is 0. The zero-order chi connectivity index (χ0) is 15.7. The Morgan fingerprint density at radius 1 is 1.25 bits per heavy atom. The van der Waals surface area contributed by atoms with Gasteiger partial charge in [0, 0.05) is 37.8 Å². The third-order valence-electron chi connectivity index (χ3n) is 3.07. The van der Waals surface area contributed by atoms with E-state index in [2.05, 4.69) is 9.97 Å². The number of rotatable bonds is 3. The first-order chi connectivity index (χ1) is 10.5. The minimum absolute atomic E-state index is 0.382. The van der Waals surface area contributed by atoms with Crippen molar-refractivity contribution in [2.45, 2.75) is 13.3 Å². The highest BCUT2D eigenvalue weighted by Crippen LogP contribution is 2.24. The predicted octanol–water partition coefficient (Wildman–Crippen LogP) is 4.63. The third-order valence-corrected chi connectivity index (χ3v) is 3.30. The number of aromatic amines is 1. The average Bonchev–Trinajstić information content (AvgIpc) is 3.02. The van der Waals surface area contributed by atoms with E-state index in [0.717, 1.165) is 16.8 Å². The molecule has 100 valence electrons. The van der Waals surface area contributed by atoms with Crippen LogP contribution in [0.3, 0.4) is 0 Å². The number of aryl methyl sites for hydroxylation is 1. The van der Waals surface area contributed by atoms with E-state index in [-0.39, 0.29) is 0 Å². The lowest BCUT2D eigenvalue weighted by Crippen LogP contribution is -1.96. The van der Waals surface area contributed by atoms with Crippen LogP contribution in [0.2, 0.25) is 5.02 Å². The molecule has 3 rings (SSSR count). The molecule has 0 saturated heterocycles. The van der Waals surface area contributed by atoms with Gasteiger partial charge in [0.2, 0.25) is 0 Å². The topological polar surface area (TPSA) is 28.7 Å². The lowest BCUT2D eigenvalue weighted by Gasteiger charge is -2.08. The van der Waals surface area contributed by atoms with Crippen LogP contribution < -0.4 is 0 Å². The summed E-state index contributed by atoms with van der Waals surface area (Å²) in [6, 6.07) is 12.8. The Bertz CT molecular complexity index is 798. The molecule has 0 fully saturated rings. The molecular weight excluding hydrogens is 268 g/mol. The number of benzene rings is 1. The minimum atomic E-state index is -1.65. The molecule has 2 nitrogen and oxygen atoms in total. The van der Waals surface area contributed by atoms with Crippen molar-refractivity contribution in [2.24, 2.45) is 0 Å². The van der Waals surface area contributed by atoms with Crippen LogP contribution in [0, 0.1) is 6.92 Å². The lowest BCUT2D eigenvalue weighted by molar-refractivity contribution is 1.07. The summed E-state index contributed by atoms with van der Waals surface area (Å²) >= 11 is 6.05. The Morgan fingerprint density at radius 2 is 2.15 bits per heavy atom. The molecule has 0 bridgehead atoms. The summed E-state index contributed by atoms with van der Waals surface area (Å²) in [5.41, 5.74) is 3.56. The molecule has 0 unspecified atom stereocenters. The molecule has 1 aromatic carbocycles. The Morgan fingerprint density at radius 3 is 2.90 bits per heavy atom. The molecule has 0 spiro atoms. The van der Waals surface area contributed by atoms with Gasteiger partial charge in [-0.15, -0.1) is 0 Å². The van der Waals surface area contributed by atoms with Crippen LogP contribution in [-0.4, -0.2) is 9.97 Å². The standard InChI is InChI=1S/C17H15ClN2/c1-12-5-6-16(9-13-7-8-19-11-13)20-17(12)14-3-2-4-15(18)10-14/h2-8,10-11,19H,9H2,1H3/i9D2. The zero-order valence-corrected chi connectivity index (χ0v) is 11.8. The highest BCUT2D eigenvalue weighted by molar-refractivity contribution is 6.30. The molecule has 3 aromatic rings. The summed E-state index contributed by atoms with van der Waals surface area (Å²) in [6.07, 6.45) is 1.71. The molecule has 3 heteroatoms. The van der Waals surface area contributed by atoms with Crippen LogP contribution in [0.4, 0.5) is 0 Å². The second kappa shape index (κ2) is 5.51. The molecule has 0 aliphatic rings. The predicted molar refractivity (Wildman–Crippen MR) is 83.0 cm³/mol. The van der Waals surface area contributed by atoms with Crippen LogP contribution in [0.1, 0.15) is 19.6 Å². The first-order valence-electron chi connectivity index (χ1n) is 7.36. The first-order valence-corrected chi connectivity index (χ1v) is 6.73. The Kier molecular flexibility index (Phi) is 2.95. The highest BCUT2D eigenvalue weighted by atomic mass is 35.5. The van der Waals surface area contributed by atoms with Gasteiger partial charge in [0.05, 0.1) is 5.69 Å². The van der Waals surface area contributed by atoms with E-state index in [1.54, 1.807) is 24.5 Å². The zero-order valence-electron chi connectivity index (χ0n) is 13.0. The monoisotopic (exact) mass is 284 g/mol. The summed E-state index contributed by atoms with van der Waals surface area (Å²) in [4.78, 5) is 7.45. The maximum absolute atomic E-state index is 8.35. The quantitative estimate of drug-likeness (QED) is 0.746. The SMILES string of the molecule is [2H]C([2H])(c1cc[nH]c1)c1ccc(C)c(-c2cccc(Cl)c2)n1. The van der Waals surface area contributed by atoms with Gasteiger partial charge in [0.25, 0.3) is 0 Å². The second-order valence-corrected chi connectivity index (χ2v) is 5.03. The molecule has 0 aliphatic carbocycles. The normalized spacial score (nSPS) is 12.9. The molecule has 0 radical (unpaired) electrons. The number of hydrogen-bond donors (Lipinski definition) is 1. The van der Waals surface area contributed by atoms with Crippen molar-refractivity contribution in [3.05, 3.63) is 76.7 Å². The Labute approximate surface area is 126 Å². The van der Waals surface area contributed by atoms with Gasteiger partial charge < -0.3 is 4.98 Å².